The van der Waals surface area contributed by atoms with Gasteiger partial charge in [-0.3, -0.25) is 0 Å². The fourth-order valence-electron chi connectivity index (χ4n) is 1.31. The molecule has 0 amide bonds. The second kappa shape index (κ2) is 1.29. The summed E-state index contributed by atoms with van der Waals surface area (Å²) in [5, 5.41) is 2.68. The van der Waals surface area contributed by atoms with E-state index in [0.717, 1.165) is 0 Å². The van der Waals surface area contributed by atoms with Crippen LogP contribution in [-0.2, 0) is 0 Å². The Morgan fingerprint density at radius 2 is 2.00 bits per heavy atom. The molecule has 1 aliphatic carbocycles. The highest BCUT2D eigenvalue weighted by Crippen LogP contribution is 2.57. The van der Waals surface area contributed by atoms with Crippen molar-refractivity contribution in [3.63, 3.8) is 0 Å². The fourth-order valence-corrected chi connectivity index (χ4v) is 1.31. The Labute approximate surface area is 52.4 Å². The van der Waals surface area contributed by atoms with Gasteiger partial charge in [-0.25, -0.2) is 8.78 Å². The van der Waals surface area contributed by atoms with Gasteiger partial charge in [0, 0.05) is 6.54 Å². The Kier molecular flexibility index (Phi) is 0.799. The number of rotatable bonds is 0. The van der Waals surface area contributed by atoms with Gasteiger partial charge in [0.05, 0.1) is 12.0 Å². The molecule has 3 heteroatoms. The SMILES string of the molecule is FC1(F)CNCC12[CH]C2. The zero-order valence-electron chi connectivity index (χ0n) is 4.95. The van der Waals surface area contributed by atoms with E-state index in [1.54, 1.807) is 6.42 Å². The molecule has 1 saturated carbocycles. The van der Waals surface area contributed by atoms with E-state index in [2.05, 4.69) is 5.32 Å². The van der Waals surface area contributed by atoms with Gasteiger partial charge in [0.2, 0.25) is 0 Å². The highest BCUT2D eigenvalue weighted by Gasteiger charge is 2.64. The van der Waals surface area contributed by atoms with Gasteiger partial charge in [-0.1, -0.05) is 0 Å². The second-order valence-electron chi connectivity index (χ2n) is 2.87. The summed E-state index contributed by atoms with van der Waals surface area (Å²) in [6.45, 7) is 0.337. The molecular weight excluding hydrogens is 124 g/mol. The summed E-state index contributed by atoms with van der Waals surface area (Å²) < 4.78 is 25.4. The number of nitrogens with one attached hydrogen (secondary N) is 1. The minimum absolute atomic E-state index is 0.135. The zero-order chi connectivity index (χ0) is 6.54. The van der Waals surface area contributed by atoms with E-state index in [0.29, 0.717) is 13.0 Å². The van der Waals surface area contributed by atoms with E-state index < -0.39 is 11.3 Å². The zero-order valence-corrected chi connectivity index (χ0v) is 4.95. The molecule has 1 radical (unpaired) electrons. The van der Waals surface area contributed by atoms with Gasteiger partial charge in [-0.05, 0) is 12.8 Å². The van der Waals surface area contributed by atoms with Crippen molar-refractivity contribution in [3.8, 4) is 0 Å². The smallest absolute Gasteiger partial charge is 0.267 e. The lowest BCUT2D eigenvalue weighted by molar-refractivity contribution is -0.0288. The molecule has 1 spiro atoms. The van der Waals surface area contributed by atoms with Crippen LogP contribution < -0.4 is 5.32 Å². The Balaban J connectivity index is 2.23. The second-order valence-corrected chi connectivity index (χ2v) is 2.87. The van der Waals surface area contributed by atoms with Crippen molar-refractivity contribution in [1.82, 2.24) is 5.32 Å². The largest absolute Gasteiger partial charge is 0.310 e. The predicted molar refractivity (Wildman–Crippen MR) is 29.2 cm³/mol. The summed E-state index contributed by atoms with van der Waals surface area (Å²) in [4.78, 5) is 0. The third-order valence-corrected chi connectivity index (χ3v) is 2.21. The third kappa shape index (κ3) is 0.556. The van der Waals surface area contributed by atoms with Crippen molar-refractivity contribution in [3.05, 3.63) is 6.42 Å². The topological polar surface area (TPSA) is 12.0 Å². The first kappa shape index (κ1) is 5.59. The molecule has 0 aromatic carbocycles. The van der Waals surface area contributed by atoms with Crippen molar-refractivity contribution in [2.45, 2.75) is 12.3 Å². The highest BCUT2D eigenvalue weighted by atomic mass is 19.3. The minimum Gasteiger partial charge on any atom is -0.310 e. The van der Waals surface area contributed by atoms with Gasteiger partial charge in [0.25, 0.3) is 5.92 Å². The molecule has 1 atom stereocenters. The third-order valence-electron chi connectivity index (χ3n) is 2.21. The van der Waals surface area contributed by atoms with Crippen LogP contribution in [0.1, 0.15) is 6.42 Å². The van der Waals surface area contributed by atoms with Crippen molar-refractivity contribution in [2.24, 2.45) is 5.41 Å². The monoisotopic (exact) mass is 132 g/mol. The first-order valence-corrected chi connectivity index (χ1v) is 3.09. The first-order chi connectivity index (χ1) is 4.16. The van der Waals surface area contributed by atoms with Crippen LogP contribution in [0.4, 0.5) is 8.78 Å². The molecular formula is C6H8F2N. The van der Waals surface area contributed by atoms with Gasteiger partial charge < -0.3 is 5.32 Å². The molecule has 2 aliphatic rings. The summed E-state index contributed by atoms with van der Waals surface area (Å²) in [6.07, 6.45) is 2.29. The standard InChI is InChI=1S/C6H8F2N/c7-6(8)4-9-3-5(6)1-2-5/h1,9H,2-4H2. The van der Waals surface area contributed by atoms with Crippen molar-refractivity contribution in [2.75, 3.05) is 13.1 Å². The molecule has 0 aromatic rings. The van der Waals surface area contributed by atoms with Crippen LogP contribution in [0, 0.1) is 11.8 Å². The summed E-state index contributed by atoms with van der Waals surface area (Å²) >= 11 is 0. The van der Waals surface area contributed by atoms with Crippen LogP contribution in [-0.4, -0.2) is 19.0 Å². The predicted octanol–water partition coefficient (Wildman–Crippen LogP) is 0.819. The molecule has 1 nitrogen and oxygen atoms in total. The van der Waals surface area contributed by atoms with Gasteiger partial charge in [0.15, 0.2) is 0 Å². The molecule has 1 saturated heterocycles. The lowest BCUT2D eigenvalue weighted by Crippen LogP contribution is -2.28. The molecule has 1 aliphatic heterocycles. The summed E-state index contributed by atoms with van der Waals surface area (Å²) in [5.41, 5.74) is -0.729. The lowest BCUT2D eigenvalue weighted by atomic mass is 10.0. The van der Waals surface area contributed by atoms with Crippen LogP contribution in [0.3, 0.4) is 0 Å². The average Bonchev–Trinajstić information content (AvgIpc) is 2.41. The van der Waals surface area contributed by atoms with Gasteiger partial charge >= 0.3 is 0 Å². The van der Waals surface area contributed by atoms with Crippen molar-refractivity contribution in [1.29, 1.82) is 0 Å². The molecule has 1 heterocycles. The molecule has 0 aromatic heterocycles. The molecule has 2 fully saturated rings. The molecule has 9 heavy (non-hydrogen) atoms. The Bertz CT molecular complexity index is 136. The van der Waals surface area contributed by atoms with Crippen LogP contribution in [0.2, 0.25) is 0 Å². The lowest BCUT2D eigenvalue weighted by Gasteiger charge is -2.14. The quantitative estimate of drug-likeness (QED) is 0.514. The number of alkyl halides is 2. The summed E-state index contributed by atoms with van der Waals surface area (Å²) in [6, 6.07) is 0. The van der Waals surface area contributed by atoms with E-state index in [4.69, 9.17) is 0 Å². The van der Waals surface area contributed by atoms with Crippen LogP contribution in [0.25, 0.3) is 0 Å². The van der Waals surface area contributed by atoms with Gasteiger partial charge in [-0.15, -0.1) is 0 Å². The Morgan fingerprint density at radius 1 is 1.33 bits per heavy atom. The number of hydrogen-bond donors (Lipinski definition) is 1. The van der Waals surface area contributed by atoms with Crippen LogP contribution in [0.5, 0.6) is 0 Å². The maximum atomic E-state index is 12.7. The first-order valence-electron chi connectivity index (χ1n) is 3.09. The average molecular weight is 132 g/mol. The molecule has 1 N–H and O–H groups in total. The van der Waals surface area contributed by atoms with E-state index in [-0.39, 0.29) is 6.54 Å². The fraction of sp³-hybridized carbons (Fsp3) is 0.833. The van der Waals surface area contributed by atoms with Crippen LogP contribution >= 0.6 is 0 Å². The molecule has 0 bridgehead atoms. The van der Waals surface area contributed by atoms with E-state index in [1.807, 2.05) is 0 Å². The summed E-state index contributed by atoms with van der Waals surface area (Å²) in [5.74, 6) is -2.47. The number of hydrogen-bond acceptors (Lipinski definition) is 1. The Morgan fingerprint density at radius 3 is 2.22 bits per heavy atom. The maximum absolute atomic E-state index is 12.7. The Hall–Kier alpha value is -0.180. The van der Waals surface area contributed by atoms with E-state index in [9.17, 15) is 8.78 Å². The summed E-state index contributed by atoms with van der Waals surface area (Å²) in [7, 11) is 0. The minimum atomic E-state index is -2.47. The molecule has 51 valence electrons. The van der Waals surface area contributed by atoms with Crippen molar-refractivity contribution >= 4 is 0 Å². The van der Waals surface area contributed by atoms with Gasteiger partial charge in [0.1, 0.15) is 0 Å². The van der Waals surface area contributed by atoms with E-state index >= 15 is 0 Å². The maximum Gasteiger partial charge on any atom is 0.267 e. The van der Waals surface area contributed by atoms with Gasteiger partial charge in [-0.2, -0.15) is 0 Å². The molecule has 1 unspecified atom stereocenters. The van der Waals surface area contributed by atoms with E-state index in [1.165, 1.54) is 0 Å². The molecule has 2 rings (SSSR count). The number of halogens is 2. The van der Waals surface area contributed by atoms with Crippen molar-refractivity contribution < 1.29 is 8.78 Å². The highest BCUT2D eigenvalue weighted by molar-refractivity contribution is 5.22. The normalized spacial score (nSPS) is 35.3. The van der Waals surface area contributed by atoms with Crippen LogP contribution in [0.15, 0.2) is 0 Å².